The molecule has 0 fully saturated rings. The molecule has 0 aliphatic rings. The third-order valence-corrected chi connectivity index (χ3v) is 6.08. The Labute approximate surface area is 196 Å². The minimum absolute atomic E-state index is 0.114. The van der Waals surface area contributed by atoms with Crippen molar-refractivity contribution in [3.05, 3.63) is 65.6 Å². The molecular weight excluding hydrogens is 441 g/mol. The highest BCUT2D eigenvalue weighted by Crippen LogP contribution is 2.30. The van der Waals surface area contributed by atoms with Crippen LogP contribution >= 0.6 is 11.3 Å². The number of guanidine groups is 1. The van der Waals surface area contributed by atoms with E-state index in [1.807, 2.05) is 44.3 Å². The molecule has 33 heavy (non-hydrogen) atoms. The molecule has 3 rings (SSSR count). The van der Waals surface area contributed by atoms with Gasteiger partial charge in [0.15, 0.2) is 0 Å². The molecule has 1 heterocycles. The minimum atomic E-state index is -0.562. The van der Waals surface area contributed by atoms with E-state index in [4.69, 9.17) is 10.00 Å². The molecule has 0 aliphatic heterocycles. The molecule has 2 aromatic carbocycles. The monoisotopic (exact) mass is 465 g/mol. The van der Waals surface area contributed by atoms with Crippen molar-refractivity contribution in [2.45, 2.75) is 26.7 Å². The Morgan fingerprint density at radius 2 is 1.94 bits per heavy atom. The number of anilines is 2. The fourth-order valence-electron chi connectivity index (χ4n) is 3.04. The van der Waals surface area contributed by atoms with Crippen LogP contribution in [0.2, 0.25) is 0 Å². The number of nitrogens with one attached hydrogen (secondary N) is 2. The number of methoxy groups -OCH3 is 1. The lowest BCUT2D eigenvalue weighted by Crippen LogP contribution is -2.26. The normalized spacial score (nSPS) is 11.5. The number of hydrogen-bond donors (Lipinski definition) is 2. The number of thiazole rings is 1. The first-order valence-electron chi connectivity index (χ1n) is 10.2. The molecule has 0 unspecified atom stereocenters. The van der Waals surface area contributed by atoms with E-state index < -0.39 is 11.2 Å². The molecule has 0 atom stereocenters. The summed E-state index contributed by atoms with van der Waals surface area (Å²) in [5.41, 5.74) is 1.31. The van der Waals surface area contributed by atoms with Gasteiger partial charge in [-0.15, -0.1) is 16.3 Å². The predicted octanol–water partition coefficient (Wildman–Crippen LogP) is 5.44. The second-order valence-corrected chi connectivity index (χ2v) is 8.98. The molecule has 9 heteroatoms. The number of hydrogen-bond acceptors (Lipinski definition) is 6. The third-order valence-electron chi connectivity index (χ3n) is 4.98. The number of halogens is 1. The Morgan fingerprint density at radius 1 is 1.21 bits per heavy atom. The van der Waals surface area contributed by atoms with Gasteiger partial charge in [0.2, 0.25) is 12.2 Å². The maximum atomic E-state index is 13.9. The zero-order valence-corrected chi connectivity index (χ0v) is 19.4. The van der Waals surface area contributed by atoms with Crippen LogP contribution in [-0.4, -0.2) is 24.0 Å². The quantitative estimate of drug-likeness (QED) is 0.209. The van der Waals surface area contributed by atoms with E-state index in [1.54, 1.807) is 35.7 Å². The van der Waals surface area contributed by atoms with Crippen molar-refractivity contribution in [1.29, 1.82) is 5.26 Å². The van der Waals surface area contributed by atoms with Crippen molar-refractivity contribution in [3.8, 4) is 16.6 Å². The van der Waals surface area contributed by atoms with Gasteiger partial charge in [-0.3, -0.25) is 4.79 Å². The number of carbonyl (C=O) groups is 1. The fourth-order valence-corrected chi connectivity index (χ4v) is 3.96. The second kappa shape index (κ2) is 10.7. The Bertz CT molecular complexity index is 1180. The SMILES string of the molecule is COC(=O)C(C)(C)CCc1ncc(-c2ccc(N/C(=N\C#N)Nc3ccccc3F)cc2)s1. The highest BCUT2D eigenvalue weighted by Gasteiger charge is 2.28. The lowest BCUT2D eigenvalue weighted by atomic mass is 9.88. The van der Waals surface area contributed by atoms with Crippen LogP contribution in [0.15, 0.2) is 59.7 Å². The van der Waals surface area contributed by atoms with E-state index in [9.17, 15) is 9.18 Å². The zero-order chi connectivity index (χ0) is 23.8. The Balaban J connectivity index is 1.65. The number of aryl methyl sites for hydroxylation is 1. The summed E-state index contributed by atoms with van der Waals surface area (Å²) in [6.07, 6.45) is 4.85. The number of ether oxygens (including phenoxy) is 1. The molecule has 2 N–H and O–H groups in total. The second-order valence-electron chi connectivity index (χ2n) is 7.86. The molecular formula is C24H24FN5O2S. The van der Waals surface area contributed by atoms with Crippen LogP contribution in [0, 0.1) is 22.7 Å². The topological polar surface area (TPSA) is 99.4 Å². The summed E-state index contributed by atoms with van der Waals surface area (Å²) in [6, 6.07) is 13.7. The smallest absolute Gasteiger partial charge is 0.311 e. The summed E-state index contributed by atoms with van der Waals surface area (Å²) < 4.78 is 18.8. The lowest BCUT2D eigenvalue weighted by Gasteiger charge is -2.20. The average Bonchev–Trinajstić information content (AvgIpc) is 3.28. The number of aromatic nitrogens is 1. The number of benzene rings is 2. The summed E-state index contributed by atoms with van der Waals surface area (Å²) in [5.74, 6) is -0.564. The van der Waals surface area contributed by atoms with Gasteiger partial charge in [0.1, 0.15) is 5.82 Å². The van der Waals surface area contributed by atoms with Gasteiger partial charge in [-0.25, -0.2) is 9.37 Å². The zero-order valence-electron chi connectivity index (χ0n) is 18.6. The number of esters is 1. The van der Waals surface area contributed by atoms with Crippen molar-refractivity contribution >= 4 is 34.6 Å². The van der Waals surface area contributed by atoms with Crippen LogP contribution in [0.25, 0.3) is 10.4 Å². The van der Waals surface area contributed by atoms with Crippen LogP contribution in [0.1, 0.15) is 25.3 Å². The number of para-hydroxylation sites is 1. The third kappa shape index (κ3) is 6.37. The summed E-state index contributed by atoms with van der Waals surface area (Å²) >= 11 is 1.57. The number of nitriles is 1. The molecule has 7 nitrogen and oxygen atoms in total. The maximum absolute atomic E-state index is 13.9. The van der Waals surface area contributed by atoms with Gasteiger partial charge in [-0.2, -0.15) is 5.26 Å². The van der Waals surface area contributed by atoms with Crippen molar-refractivity contribution in [2.75, 3.05) is 17.7 Å². The van der Waals surface area contributed by atoms with Crippen molar-refractivity contribution in [1.82, 2.24) is 4.98 Å². The molecule has 0 saturated heterocycles. The van der Waals surface area contributed by atoms with Gasteiger partial charge in [-0.05, 0) is 50.1 Å². The van der Waals surface area contributed by atoms with Gasteiger partial charge >= 0.3 is 5.97 Å². The molecule has 170 valence electrons. The Kier molecular flexibility index (Phi) is 7.74. The summed E-state index contributed by atoms with van der Waals surface area (Å²) in [7, 11) is 1.40. The molecule has 0 saturated carbocycles. The molecule has 1 aromatic heterocycles. The largest absolute Gasteiger partial charge is 0.469 e. The standard InChI is InChI=1S/C24H24FN5O2S/c1-24(2,22(31)32-3)13-12-21-27-14-20(33-21)16-8-10-17(11-9-16)29-23(28-15-26)30-19-7-5-4-6-18(19)25/h4-11,14H,12-13H2,1-3H3,(H2,28,29,30). The molecule has 0 amide bonds. The van der Waals surface area contributed by atoms with Gasteiger partial charge in [0.25, 0.3) is 0 Å². The average molecular weight is 466 g/mol. The maximum Gasteiger partial charge on any atom is 0.311 e. The van der Waals surface area contributed by atoms with Gasteiger partial charge in [0.05, 0.1) is 28.1 Å². The number of carbonyl (C=O) groups excluding carboxylic acids is 1. The first kappa shape index (κ1) is 23.9. The fraction of sp³-hybridized carbons (Fsp3) is 0.250. The minimum Gasteiger partial charge on any atom is -0.469 e. The molecule has 0 radical (unpaired) electrons. The Morgan fingerprint density at radius 3 is 2.61 bits per heavy atom. The summed E-state index contributed by atoms with van der Waals surface area (Å²) in [4.78, 5) is 21.0. The van der Waals surface area contributed by atoms with Gasteiger partial charge < -0.3 is 15.4 Å². The van der Waals surface area contributed by atoms with Crippen LogP contribution in [0.3, 0.4) is 0 Å². The van der Waals surface area contributed by atoms with E-state index in [1.165, 1.54) is 13.2 Å². The number of nitrogens with zero attached hydrogens (tertiary/aromatic N) is 3. The van der Waals surface area contributed by atoms with Crippen molar-refractivity contribution in [3.63, 3.8) is 0 Å². The highest BCUT2D eigenvalue weighted by atomic mass is 32.1. The predicted molar refractivity (Wildman–Crippen MR) is 128 cm³/mol. The Hall–Kier alpha value is -3.77. The van der Waals surface area contributed by atoms with Crippen LogP contribution < -0.4 is 10.6 Å². The molecule has 3 aromatic rings. The van der Waals surface area contributed by atoms with Crippen LogP contribution in [0.5, 0.6) is 0 Å². The first-order valence-corrected chi connectivity index (χ1v) is 11.0. The molecule has 0 aliphatic carbocycles. The first-order chi connectivity index (χ1) is 15.8. The van der Waals surface area contributed by atoms with Gasteiger partial charge in [-0.1, -0.05) is 24.3 Å². The van der Waals surface area contributed by atoms with Crippen LogP contribution in [-0.2, 0) is 16.0 Å². The van der Waals surface area contributed by atoms with Crippen molar-refractivity contribution < 1.29 is 13.9 Å². The van der Waals surface area contributed by atoms with E-state index >= 15 is 0 Å². The lowest BCUT2D eigenvalue weighted by molar-refractivity contribution is -0.151. The molecule has 0 bridgehead atoms. The molecule has 0 spiro atoms. The van der Waals surface area contributed by atoms with Gasteiger partial charge in [0, 0.05) is 18.3 Å². The summed E-state index contributed by atoms with van der Waals surface area (Å²) in [5, 5.41) is 15.7. The number of aliphatic imine (C=N–C) groups is 1. The van der Waals surface area contributed by atoms with E-state index in [0.717, 1.165) is 15.4 Å². The van der Waals surface area contributed by atoms with Crippen molar-refractivity contribution in [2.24, 2.45) is 10.4 Å². The van der Waals surface area contributed by atoms with E-state index in [-0.39, 0.29) is 17.6 Å². The van der Waals surface area contributed by atoms with E-state index in [0.29, 0.717) is 18.5 Å². The number of rotatable bonds is 7. The van der Waals surface area contributed by atoms with Crippen LogP contribution in [0.4, 0.5) is 15.8 Å². The summed E-state index contributed by atoms with van der Waals surface area (Å²) in [6.45, 7) is 3.73. The highest BCUT2D eigenvalue weighted by molar-refractivity contribution is 7.15. The van der Waals surface area contributed by atoms with E-state index in [2.05, 4.69) is 20.6 Å².